The number of nitrogens with one attached hydrogen (secondary N) is 1. The quantitative estimate of drug-likeness (QED) is 0.543. The number of para-hydroxylation sites is 1. The maximum atomic E-state index is 13.2. The van der Waals surface area contributed by atoms with Crippen molar-refractivity contribution in [2.75, 3.05) is 13.1 Å². The smallest absolute Gasteiger partial charge is 0.254 e. The fraction of sp³-hybridized carbons (Fsp3) is 0.227. The van der Waals surface area contributed by atoms with Crippen molar-refractivity contribution >= 4 is 16.8 Å². The number of aliphatic hydroxyl groups is 1. The summed E-state index contributed by atoms with van der Waals surface area (Å²) in [5.41, 5.74) is 3.19. The van der Waals surface area contributed by atoms with Crippen LogP contribution in [0, 0.1) is 5.92 Å². The highest BCUT2D eigenvalue weighted by molar-refractivity contribution is 6.00. The van der Waals surface area contributed by atoms with Gasteiger partial charge in [-0.2, -0.15) is 5.21 Å². The van der Waals surface area contributed by atoms with Crippen LogP contribution in [0.2, 0.25) is 0 Å². The Labute approximate surface area is 172 Å². The third-order valence-corrected chi connectivity index (χ3v) is 5.66. The van der Waals surface area contributed by atoms with Gasteiger partial charge in [-0.25, -0.2) is 0 Å². The van der Waals surface area contributed by atoms with Crippen LogP contribution in [0.5, 0.6) is 0 Å². The molecular weight excluding hydrogens is 380 g/mol. The first kappa shape index (κ1) is 18.4. The lowest BCUT2D eigenvalue weighted by molar-refractivity contribution is 0.0765. The lowest BCUT2D eigenvalue weighted by atomic mass is 9.94. The molecule has 8 heteroatoms. The fourth-order valence-corrected chi connectivity index (χ4v) is 4.15. The zero-order valence-corrected chi connectivity index (χ0v) is 16.1. The Hall–Kier alpha value is -3.65. The van der Waals surface area contributed by atoms with Crippen LogP contribution in [0.1, 0.15) is 15.9 Å². The highest BCUT2D eigenvalue weighted by atomic mass is 16.3. The molecule has 1 saturated heterocycles. The molecule has 2 aromatic heterocycles. The molecule has 1 amide bonds. The average molecular weight is 400 g/mol. The van der Waals surface area contributed by atoms with Gasteiger partial charge in [0.25, 0.3) is 5.91 Å². The third kappa shape index (κ3) is 3.31. The maximum Gasteiger partial charge on any atom is 0.254 e. The Balaban J connectivity index is 1.38. The molecule has 1 aliphatic heterocycles. The number of H-pyrrole nitrogens is 1. The van der Waals surface area contributed by atoms with E-state index in [0.29, 0.717) is 36.5 Å². The van der Waals surface area contributed by atoms with Crippen molar-refractivity contribution in [3.8, 4) is 11.4 Å². The van der Waals surface area contributed by atoms with E-state index in [1.54, 1.807) is 23.2 Å². The largest absolute Gasteiger partial charge is 0.391 e. The van der Waals surface area contributed by atoms with Crippen molar-refractivity contribution in [3.63, 3.8) is 0 Å². The summed E-state index contributed by atoms with van der Waals surface area (Å²) in [6.07, 6.45) is 1.89. The van der Waals surface area contributed by atoms with Crippen LogP contribution in [-0.4, -0.2) is 60.7 Å². The highest BCUT2D eigenvalue weighted by Gasteiger charge is 2.35. The van der Waals surface area contributed by atoms with Gasteiger partial charge >= 0.3 is 0 Å². The highest BCUT2D eigenvalue weighted by Crippen LogP contribution is 2.28. The van der Waals surface area contributed by atoms with Crippen molar-refractivity contribution in [2.45, 2.75) is 12.5 Å². The van der Waals surface area contributed by atoms with Crippen LogP contribution < -0.4 is 0 Å². The first-order valence-corrected chi connectivity index (χ1v) is 9.83. The molecule has 2 atom stereocenters. The van der Waals surface area contributed by atoms with Gasteiger partial charge in [0.1, 0.15) is 0 Å². The number of aliphatic hydroxyl groups excluding tert-OH is 1. The number of β-amino-alcohol motifs (C(OH)–C–C–N with tert-alkyl or cyclic N) is 1. The summed E-state index contributed by atoms with van der Waals surface area (Å²) in [5, 5.41) is 25.8. The topological polar surface area (TPSA) is 108 Å². The molecule has 0 bridgehead atoms. The zero-order valence-electron chi connectivity index (χ0n) is 16.1. The maximum absolute atomic E-state index is 13.2. The van der Waals surface area contributed by atoms with Crippen LogP contribution in [0.3, 0.4) is 0 Å². The van der Waals surface area contributed by atoms with Gasteiger partial charge in [-0.3, -0.25) is 9.78 Å². The summed E-state index contributed by atoms with van der Waals surface area (Å²) in [7, 11) is 0. The van der Waals surface area contributed by atoms with Crippen molar-refractivity contribution in [1.29, 1.82) is 0 Å². The number of pyridine rings is 1. The van der Waals surface area contributed by atoms with E-state index in [9.17, 15) is 9.90 Å². The average Bonchev–Trinajstić information content (AvgIpc) is 3.44. The Morgan fingerprint density at radius 1 is 1.10 bits per heavy atom. The number of carbonyl (C=O) groups is 1. The second-order valence-electron chi connectivity index (χ2n) is 7.51. The monoisotopic (exact) mass is 400 g/mol. The summed E-state index contributed by atoms with van der Waals surface area (Å²) in [5.74, 6) is 0.187. The first-order valence-electron chi connectivity index (χ1n) is 9.83. The number of hydrogen-bond donors (Lipinski definition) is 2. The number of rotatable bonds is 4. The minimum Gasteiger partial charge on any atom is -0.391 e. The van der Waals surface area contributed by atoms with Gasteiger partial charge in [0.2, 0.25) is 5.82 Å². The van der Waals surface area contributed by atoms with Crippen LogP contribution in [0.15, 0.2) is 60.8 Å². The molecule has 4 aromatic rings. The number of benzene rings is 2. The van der Waals surface area contributed by atoms with E-state index in [0.717, 1.165) is 16.5 Å². The number of hydrogen-bond acceptors (Lipinski definition) is 6. The SMILES string of the molecule is O=C(c1ccccc1-c1nn[nH]n1)N1C[C@@H](Cc2ccnc3ccccc23)[C@@H](O)C1. The first-order chi connectivity index (χ1) is 14.7. The van der Waals surface area contributed by atoms with Crippen molar-refractivity contribution in [3.05, 3.63) is 71.9 Å². The van der Waals surface area contributed by atoms with Gasteiger partial charge < -0.3 is 10.0 Å². The Bertz CT molecular complexity index is 1190. The predicted octanol–water partition coefficient (Wildman–Crippen LogP) is 2.09. The number of tetrazole rings is 1. The lowest BCUT2D eigenvalue weighted by Crippen LogP contribution is -2.30. The molecule has 2 aromatic carbocycles. The Kier molecular flexibility index (Phi) is 4.68. The molecular formula is C22H20N6O2. The normalized spacial score (nSPS) is 18.8. The van der Waals surface area contributed by atoms with Crippen molar-refractivity contribution in [1.82, 2.24) is 30.5 Å². The van der Waals surface area contributed by atoms with E-state index in [1.165, 1.54) is 0 Å². The van der Waals surface area contributed by atoms with E-state index in [2.05, 4.69) is 25.6 Å². The Morgan fingerprint density at radius 2 is 1.93 bits per heavy atom. The van der Waals surface area contributed by atoms with E-state index in [4.69, 9.17) is 0 Å². The molecule has 2 N–H and O–H groups in total. The van der Waals surface area contributed by atoms with Gasteiger partial charge in [-0.1, -0.05) is 36.4 Å². The summed E-state index contributed by atoms with van der Waals surface area (Å²) in [4.78, 5) is 19.3. The van der Waals surface area contributed by atoms with Crippen LogP contribution in [0.4, 0.5) is 0 Å². The molecule has 5 rings (SSSR count). The van der Waals surface area contributed by atoms with Crippen LogP contribution in [-0.2, 0) is 6.42 Å². The summed E-state index contributed by atoms with van der Waals surface area (Å²) >= 11 is 0. The molecule has 0 aliphatic carbocycles. The van der Waals surface area contributed by atoms with Gasteiger partial charge in [-0.05, 0) is 35.4 Å². The second kappa shape index (κ2) is 7.64. The van der Waals surface area contributed by atoms with Gasteiger partial charge in [-0.15, -0.1) is 10.2 Å². The molecule has 3 heterocycles. The number of carbonyl (C=O) groups excluding carboxylic acids is 1. The standard InChI is InChI=1S/C22H20N6O2/c29-20-13-28(22(30)18-7-2-1-6-17(18)21-24-26-27-25-21)12-15(20)11-14-9-10-23-19-8-4-3-5-16(14)19/h1-10,15,20,29H,11-13H2,(H,24,25,26,27)/t15-,20+/m1/s1. The summed E-state index contributed by atoms with van der Waals surface area (Å²) in [6, 6.07) is 17.2. The number of aromatic nitrogens is 5. The van der Waals surface area contributed by atoms with E-state index in [1.807, 2.05) is 42.5 Å². The molecule has 1 fully saturated rings. The minimum absolute atomic E-state index is 0.0444. The van der Waals surface area contributed by atoms with Gasteiger partial charge in [0.05, 0.1) is 17.2 Å². The fourth-order valence-electron chi connectivity index (χ4n) is 4.15. The van der Waals surface area contributed by atoms with Gasteiger partial charge in [0, 0.05) is 36.2 Å². The molecule has 1 aliphatic rings. The lowest BCUT2D eigenvalue weighted by Gasteiger charge is -2.18. The zero-order chi connectivity index (χ0) is 20.5. The molecule has 30 heavy (non-hydrogen) atoms. The summed E-state index contributed by atoms with van der Waals surface area (Å²) in [6.45, 7) is 0.782. The van der Waals surface area contributed by atoms with Crippen LogP contribution in [0.25, 0.3) is 22.3 Å². The Morgan fingerprint density at radius 3 is 2.80 bits per heavy atom. The molecule has 0 radical (unpaired) electrons. The minimum atomic E-state index is -0.585. The van der Waals surface area contributed by atoms with E-state index in [-0.39, 0.29) is 11.8 Å². The molecule has 0 spiro atoms. The molecule has 0 saturated carbocycles. The summed E-state index contributed by atoms with van der Waals surface area (Å²) < 4.78 is 0. The number of aromatic amines is 1. The number of nitrogens with zero attached hydrogens (tertiary/aromatic N) is 5. The van der Waals surface area contributed by atoms with Crippen molar-refractivity contribution < 1.29 is 9.90 Å². The predicted molar refractivity (Wildman–Crippen MR) is 110 cm³/mol. The number of likely N-dealkylation sites (tertiary alicyclic amines) is 1. The van der Waals surface area contributed by atoms with Gasteiger partial charge in [0.15, 0.2) is 0 Å². The van der Waals surface area contributed by atoms with E-state index < -0.39 is 6.10 Å². The van der Waals surface area contributed by atoms with E-state index >= 15 is 0 Å². The second-order valence-corrected chi connectivity index (χ2v) is 7.51. The van der Waals surface area contributed by atoms with Crippen LogP contribution >= 0.6 is 0 Å². The molecule has 150 valence electrons. The third-order valence-electron chi connectivity index (χ3n) is 5.66. The number of fused-ring (bicyclic) bond motifs is 1. The number of amides is 1. The molecule has 8 nitrogen and oxygen atoms in total. The molecule has 0 unspecified atom stereocenters. The van der Waals surface area contributed by atoms with Crippen molar-refractivity contribution in [2.24, 2.45) is 5.92 Å².